The van der Waals surface area contributed by atoms with Gasteiger partial charge in [0.15, 0.2) is 5.82 Å². The van der Waals surface area contributed by atoms with Gasteiger partial charge in [-0.1, -0.05) is 43.5 Å². The zero-order chi connectivity index (χ0) is 13.8. The topological polar surface area (TPSA) is 63.8 Å². The quantitative estimate of drug-likeness (QED) is 0.661. The van der Waals surface area contributed by atoms with E-state index in [0.717, 1.165) is 17.2 Å². The first kappa shape index (κ1) is 13.1. The molecule has 20 heavy (non-hydrogen) atoms. The molecule has 3 N–H and O–H groups in total. The molecule has 0 saturated heterocycles. The maximum absolute atomic E-state index is 5.29. The lowest BCUT2D eigenvalue weighted by atomic mass is 9.84. The van der Waals surface area contributed by atoms with Crippen molar-refractivity contribution >= 4 is 5.82 Å². The normalized spacial score (nSPS) is 16.1. The van der Waals surface area contributed by atoms with Crippen LogP contribution >= 0.6 is 0 Å². The zero-order valence-electron chi connectivity index (χ0n) is 11.5. The molecule has 0 atom stereocenters. The standard InChI is InChI=1S/C16H20N4/c17-18-16-11-10-15(19-20-16)14-8-6-13(7-9-14)12-4-2-1-3-5-12/h6-12H,1-5,17H2,(H,18,20). The number of hydrogen-bond acceptors (Lipinski definition) is 4. The van der Waals surface area contributed by atoms with Crippen molar-refractivity contribution in [2.45, 2.75) is 38.0 Å². The van der Waals surface area contributed by atoms with Gasteiger partial charge in [0.2, 0.25) is 0 Å². The monoisotopic (exact) mass is 268 g/mol. The Morgan fingerprint density at radius 3 is 2.25 bits per heavy atom. The molecule has 1 fully saturated rings. The third-order valence-electron chi connectivity index (χ3n) is 4.10. The number of rotatable bonds is 3. The van der Waals surface area contributed by atoms with E-state index >= 15 is 0 Å². The number of nitrogens with zero attached hydrogens (tertiary/aromatic N) is 2. The Balaban J connectivity index is 1.77. The summed E-state index contributed by atoms with van der Waals surface area (Å²) in [6.45, 7) is 0. The van der Waals surface area contributed by atoms with Gasteiger partial charge < -0.3 is 5.43 Å². The predicted molar refractivity (Wildman–Crippen MR) is 81.1 cm³/mol. The summed E-state index contributed by atoms with van der Waals surface area (Å²) in [6.07, 6.45) is 6.79. The highest BCUT2D eigenvalue weighted by Gasteiger charge is 2.15. The van der Waals surface area contributed by atoms with Crippen LogP contribution in [0, 0.1) is 0 Å². The molecule has 0 amide bonds. The van der Waals surface area contributed by atoms with E-state index < -0.39 is 0 Å². The van der Waals surface area contributed by atoms with Crippen LogP contribution in [-0.4, -0.2) is 10.2 Å². The van der Waals surface area contributed by atoms with Crippen LogP contribution in [0.2, 0.25) is 0 Å². The van der Waals surface area contributed by atoms with E-state index in [9.17, 15) is 0 Å². The summed E-state index contributed by atoms with van der Waals surface area (Å²) < 4.78 is 0. The molecule has 0 spiro atoms. The average Bonchev–Trinajstić information content (AvgIpc) is 2.56. The van der Waals surface area contributed by atoms with E-state index in [4.69, 9.17) is 5.84 Å². The molecule has 4 heteroatoms. The minimum atomic E-state index is 0.576. The van der Waals surface area contributed by atoms with E-state index in [1.165, 1.54) is 37.7 Å². The van der Waals surface area contributed by atoms with Crippen LogP contribution in [-0.2, 0) is 0 Å². The Morgan fingerprint density at radius 1 is 0.900 bits per heavy atom. The van der Waals surface area contributed by atoms with Gasteiger partial charge in [0.25, 0.3) is 0 Å². The second-order valence-corrected chi connectivity index (χ2v) is 5.41. The highest BCUT2D eigenvalue weighted by Crippen LogP contribution is 2.33. The van der Waals surface area contributed by atoms with Crippen molar-refractivity contribution < 1.29 is 0 Å². The summed E-state index contributed by atoms with van der Waals surface area (Å²) in [7, 11) is 0. The second kappa shape index (κ2) is 6.01. The van der Waals surface area contributed by atoms with Gasteiger partial charge in [-0.3, -0.25) is 0 Å². The molecule has 1 aromatic carbocycles. The van der Waals surface area contributed by atoms with Crippen LogP contribution in [0.15, 0.2) is 36.4 Å². The maximum Gasteiger partial charge on any atom is 0.162 e. The lowest BCUT2D eigenvalue weighted by Gasteiger charge is -2.22. The van der Waals surface area contributed by atoms with E-state index in [0.29, 0.717) is 5.82 Å². The van der Waals surface area contributed by atoms with Crippen molar-refractivity contribution in [3.05, 3.63) is 42.0 Å². The molecule has 4 nitrogen and oxygen atoms in total. The predicted octanol–water partition coefficient (Wildman–Crippen LogP) is 3.48. The molecular weight excluding hydrogens is 248 g/mol. The van der Waals surface area contributed by atoms with Crippen molar-refractivity contribution in [3.63, 3.8) is 0 Å². The molecule has 0 unspecified atom stereocenters. The lowest BCUT2D eigenvalue weighted by molar-refractivity contribution is 0.443. The fourth-order valence-corrected chi connectivity index (χ4v) is 2.93. The Kier molecular flexibility index (Phi) is 3.92. The third kappa shape index (κ3) is 2.80. The van der Waals surface area contributed by atoms with Crippen molar-refractivity contribution in [2.24, 2.45) is 5.84 Å². The number of nitrogens with one attached hydrogen (secondary N) is 1. The molecule has 0 bridgehead atoms. The van der Waals surface area contributed by atoms with Gasteiger partial charge in [0, 0.05) is 5.56 Å². The SMILES string of the molecule is NNc1ccc(-c2ccc(C3CCCCC3)cc2)nn1. The van der Waals surface area contributed by atoms with Crippen LogP contribution in [0.1, 0.15) is 43.6 Å². The van der Waals surface area contributed by atoms with Crippen LogP contribution < -0.4 is 11.3 Å². The molecule has 1 saturated carbocycles. The summed E-state index contributed by atoms with van der Waals surface area (Å²) in [5.74, 6) is 6.61. The van der Waals surface area contributed by atoms with Crippen LogP contribution in [0.4, 0.5) is 5.82 Å². The van der Waals surface area contributed by atoms with Crippen LogP contribution in [0.25, 0.3) is 11.3 Å². The summed E-state index contributed by atoms with van der Waals surface area (Å²) in [5, 5.41) is 8.17. The molecule has 104 valence electrons. The minimum Gasteiger partial charge on any atom is -0.307 e. The average molecular weight is 268 g/mol. The first-order valence-corrected chi connectivity index (χ1v) is 7.27. The molecule has 0 aliphatic heterocycles. The van der Waals surface area contributed by atoms with Gasteiger partial charge in [0.1, 0.15) is 0 Å². The van der Waals surface area contributed by atoms with Crippen molar-refractivity contribution in [1.29, 1.82) is 0 Å². The number of nitrogens with two attached hydrogens (primary N) is 1. The minimum absolute atomic E-state index is 0.576. The molecule has 1 aliphatic rings. The zero-order valence-corrected chi connectivity index (χ0v) is 11.5. The lowest BCUT2D eigenvalue weighted by Crippen LogP contribution is -2.09. The summed E-state index contributed by atoms with van der Waals surface area (Å²) in [4.78, 5) is 0. The van der Waals surface area contributed by atoms with E-state index in [2.05, 4.69) is 39.9 Å². The van der Waals surface area contributed by atoms with Crippen molar-refractivity contribution in [3.8, 4) is 11.3 Å². The van der Waals surface area contributed by atoms with E-state index in [1.807, 2.05) is 12.1 Å². The Morgan fingerprint density at radius 2 is 1.65 bits per heavy atom. The highest BCUT2D eigenvalue weighted by atomic mass is 15.3. The van der Waals surface area contributed by atoms with Crippen molar-refractivity contribution in [2.75, 3.05) is 5.43 Å². The molecule has 1 aliphatic carbocycles. The second-order valence-electron chi connectivity index (χ2n) is 5.41. The number of nitrogen functional groups attached to an aromatic ring is 1. The van der Waals surface area contributed by atoms with Gasteiger partial charge in [-0.15, -0.1) is 10.2 Å². The fourth-order valence-electron chi connectivity index (χ4n) is 2.93. The number of anilines is 1. The van der Waals surface area contributed by atoms with Gasteiger partial charge >= 0.3 is 0 Å². The Labute approximate surface area is 119 Å². The highest BCUT2D eigenvalue weighted by molar-refractivity contribution is 5.60. The Hall–Kier alpha value is -1.94. The third-order valence-corrected chi connectivity index (χ3v) is 4.10. The molecule has 3 rings (SSSR count). The Bertz CT molecular complexity index is 542. The molecule has 1 heterocycles. The van der Waals surface area contributed by atoms with E-state index in [-0.39, 0.29) is 0 Å². The van der Waals surface area contributed by atoms with Crippen molar-refractivity contribution in [1.82, 2.24) is 10.2 Å². The maximum atomic E-state index is 5.29. The molecule has 2 aromatic rings. The molecular formula is C16H20N4. The van der Waals surface area contributed by atoms with Gasteiger partial charge in [-0.25, -0.2) is 5.84 Å². The number of aromatic nitrogens is 2. The van der Waals surface area contributed by atoms with Gasteiger partial charge in [0.05, 0.1) is 5.69 Å². The number of hydrazine groups is 1. The van der Waals surface area contributed by atoms with Gasteiger partial charge in [-0.2, -0.15) is 0 Å². The van der Waals surface area contributed by atoms with Gasteiger partial charge in [-0.05, 0) is 36.5 Å². The van der Waals surface area contributed by atoms with Crippen LogP contribution in [0.5, 0.6) is 0 Å². The smallest absolute Gasteiger partial charge is 0.162 e. The first-order valence-electron chi connectivity index (χ1n) is 7.27. The number of hydrogen-bond donors (Lipinski definition) is 2. The fraction of sp³-hybridized carbons (Fsp3) is 0.375. The van der Waals surface area contributed by atoms with Crippen LogP contribution in [0.3, 0.4) is 0 Å². The van der Waals surface area contributed by atoms with E-state index in [1.54, 1.807) is 0 Å². The summed E-state index contributed by atoms with van der Waals surface area (Å²) in [5.41, 5.74) is 5.92. The number of benzene rings is 1. The summed E-state index contributed by atoms with van der Waals surface area (Å²) >= 11 is 0. The largest absolute Gasteiger partial charge is 0.307 e. The summed E-state index contributed by atoms with van der Waals surface area (Å²) in [6, 6.07) is 12.5. The molecule has 0 radical (unpaired) electrons. The molecule has 1 aromatic heterocycles. The first-order chi connectivity index (χ1) is 9.86.